The summed E-state index contributed by atoms with van der Waals surface area (Å²) >= 11 is 24.7. The van der Waals surface area contributed by atoms with E-state index < -0.39 is 0 Å². The Balaban J connectivity index is 1.49. The minimum atomic E-state index is -0.385. The van der Waals surface area contributed by atoms with E-state index in [0.717, 1.165) is 11.1 Å². The lowest BCUT2D eigenvalue weighted by Gasteiger charge is -2.14. The number of ether oxygens (including phenoxy) is 2. The Morgan fingerprint density at radius 1 is 0.595 bits per heavy atom. The summed E-state index contributed by atoms with van der Waals surface area (Å²) < 4.78 is 11.1. The zero-order chi connectivity index (χ0) is 30.2. The third-order valence-electron chi connectivity index (χ3n) is 6.05. The van der Waals surface area contributed by atoms with Crippen molar-refractivity contribution >= 4 is 81.7 Å². The maximum atomic E-state index is 12.6. The van der Waals surface area contributed by atoms with Crippen molar-refractivity contribution in [2.75, 3.05) is 24.9 Å². The second-order valence-corrected chi connectivity index (χ2v) is 10.4. The lowest BCUT2D eigenvalue weighted by Crippen LogP contribution is -2.09. The SMILES string of the molecule is COc1cc(-c2ccc(NC(=O)C=Cc3c(Cl)cccc3Cl)c(OC)c2)ccc1NC(=O)C=Cc1c(Cl)cccc1Cl. The standard InChI is InChI=1S/C32H24Cl4N2O4/c1-41-29-17-19(9-13-27(29)37-31(39)15-11-21-23(33)5-3-6-24(21)34)20-10-14-28(30(18-20)42-2)38-32(40)16-12-22-25(35)7-4-8-26(22)36/h3-18H,1-2H3,(H,37,39)(H,38,40). The molecule has 42 heavy (non-hydrogen) atoms. The van der Waals surface area contributed by atoms with Gasteiger partial charge in [0.25, 0.3) is 0 Å². The highest BCUT2D eigenvalue weighted by molar-refractivity contribution is 6.38. The quantitative estimate of drug-likeness (QED) is 0.179. The van der Waals surface area contributed by atoms with Crippen LogP contribution < -0.4 is 20.1 Å². The highest BCUT2D eigenvalue weighted by Gasteiger charge is 2.12. The van der Waals surface area contributed by atoms with Gasteiger partial charge in [0.15, 0.2) is 0 Å². The first kappa shape index (κ1) is 31.0. The van der Waals surface area contributed by atoms with Crippen molar-refractivity contribution in [1.82, 2.24) is 0 Å². The molecule has 10 heteroatoms. The smallest absolute Gasteiger partial charge is 0.248 e. The summed E-state index contributed by atoms with van der Waals surface area (Å²) in [4.78, 5) is 25.2. The summed E-state index contributed by atoms with van der Waals surface area (Å²) in [5.41, 5.74) is 3.64. The third-order valence-corrected chi connectivity index (χ3v) is 7.37. The van der Waals surface area contributed by atoms with E-state index in [4.69, 9.17) is 55.9 Å². The van der Waals surface area contributed by atoms with Crippen LogP contribution in [0.2, 0.25) is 20.1 Å². The molecule has 0 bridgehead atoms. The van der Waals surface area contributed by atoms with Crippen LogP contribution in [0.25, 0.3) is 23.3 Å². The molecule has 0 aliphatic rings. The van der Waals surface area contributed by atoms with Crippen LogP contribution in [0.1, 0.15) is 11.1 Å². The van der Waals surface area contributed by atoms with Crippen LogP contribution in [-0.2, 0) is 9.59 Å². The molecule has 2 N–H and O–H groups in total. The summed E-state index contributed by atoms with van der Waals surface area (Å²) in [5.74, 6) is 0.129. The topological polar surface area (TPSA) is 76.7 Å². The van der Waals surface area contributed by atoms with Crippen molar-refractivity contribution < 1.29 is 19.1 Å². The van der Waals surface area contributed by atoms with Crippen LogP contribution in [0.5, 0.6) is 11.5 Å². The van der Waals surface area contributed by atoms with E-state index in [0.29, 0.717) is 54.1 Å². The number of hydrogen-bond donors (Lipinski definition) is 2. The van der Waals surface area contributed by atoms with Gasteiger partial charge in [0.2, 0.25) is 11.8 Å². The van der Waals surface area contributed by atoms with Gasteiger partial charge in [-0.05, 0) is 71.8 Å². The second kappa shape index (κ2) is 14.3. The highest BCUT2D eigenvalue weighted by Crippen LogP contribution is 2.35. The number of carbonyl (C=O) groups is 2. The molecule has 4 aromatic rings. The number of nitrogens with one attached hydrogen (secondary N) is 2. The number of hydrogen-bond acceptors (Lipinski definition) is 4. The Morgan fingerprint density at radius 3 is 1.29 bits per heavy atom. The van der Waals surface area contributed by atoms with Crippen molar-refractivity contribution in [3.8, 4) is 22.6 Å². The van der Waals surface area contributed by atoms with Crippen molar-refractivity contribution in [3.63, 3.8) is 0 Å². The van der Waals surface area contributed by atoms with Gasteiger partial charge in [-0.3, -0.25) is 9.59 Å². The van der Waals surface area contributed by atoms with Gasteiger partial charge < -0.3 is 20.1 Å². The van der Waals surface area contributed by atoms with Gasteiger partial charge in [-0.2, -0.15) is 0 Å². The molecular formula is C32H24Cl4N2O4. The largest absolute Gasteiger partial charge is 0.495 e. The highest BCUT2D eigenvalue weighted by atomic mass is 35.5. The summed E-state index contributed by atoms with van der Waals surface area (Å²) in [6, 6.07) is 20.9. The molecule has 4 aromatic carbocycles. The summed E-state index contributed by atoms with van der Waals surface area (Å²) in [6.45, 7) is 0. The number of carbonyl (C=O) groups excluding carboxylic acids is 2. The Bertz CT molecular complexity index is 1540. The van der Waals surface area contributed by atoms with Crippen LogP contribution >= 0.6 is 46.4 Å². The van der Waals surface area contributed by atoms with Crippen LogP contribution in [0.4, 0.5) is 11.4 Å². The Morgan fingerprint density at radius 2 is 0.952 bits per heavy atom. The Labute approximate surface area is 263 Å². The molecule has 0 aliphatic carbocycles. The van der Waals surface area contributed by atoms with E-state index in [1.165, 1.54) is 26.4 Å². The predicted molar refractivity (Wildman–Crippen MR) is 173 cm³/mol. The van der Waals surface area contributed by atoms with Gasteiger partial charge in [-0.25, -0.2) is 0 Å². The van der Waals surface area contributed by atoms with Crippen LogP contribution in [0.3, 0.4) is 0 Å². The molecule has 214 valence electrons. The fourth-order valence-corrected chi connectivity index (χ4v) is 5.00. The average molecular weight is 642 g/mol. The molecule has 0 unspecified atom stereocenters. The van der Waals surface area contributed by atoms with Gasteiger partial charge in [0.1, 0.15) is 11.5 Å². The summed E-state index contributed by atoms with van der Waals surface area (Å²) in [6.07, 6.45) is 5.79. The van der Waals surface area contributed by atoms with Crippen molar-refractivity contribution in [1.29, 1.82) is 0 Å². The second-order valence-electron chi connectivity index (χ2n) is 8.75. The minimum Gasteiger partial charge on any atom is -0.495 e. The number of anilines is 2. The fraction of sp³-hybridized carbons (Fsp3) is 0.0625. The molecule has 0 saturated heterocycles. The molecule has 0 heterocycles. The van der Waals surface area contributed by atoms with Gasteiger partial charge in [-0.15, -0.1) is 0 Å². The normalized spacial score (nSPS) is 11.1. The lowest BCUT2D eigenvalue weighted by molar-refractivity contribution is -0.112. The number of amides is 2. The molecule has 0 saturated carbocycles. The average Bonchev–Trinajstić information content (AvgIpc) is 2.97. The molecule has 0 fully saturated rings. The molecule has 0 aromatic heterocycles. The predicted octanol–water partition coefficient (Wildman–Crippen LogP) is 9.29. The van der Waals surface area contributed by atoms with Crippen molar-refractivity contribution in [2.45, 2.75) is 0 Å². The van der Waals surface area contributed by atoms with Gasteiger partial charge >= 0.3 is 0 Å². The number of rotatable bonds is 9. The van der Waals surface area contributed by atoms with Crippen LogP contribution in [0, 0.1) is 0 Å². The van der Waals surface area contributed by atoms with Gasteiger partial charge in [-0.1, -0.05) is 70.7 Å². The molecule has 0 aliphatic heterocycles. The van der Waals surface area contributed by atoms with E-state index in [9.17, 15) is 9.59 Å². The molecule has 4 rings (SSSR count). The molecule has 0 radical (unpaired) electrons. The van der Waals surface area contributed by atoms with E-state index in [1.54, 1.807) is 72.8 Å². The first-order valence-electron chi connectivity index (χ1n) is 12.4. The van der Waals surface area contributed by atoms with E-state index in [2.05, 4.69) is 10.6 Å². The van der Waals surface area contributed by atoms with Crippen LogP contribution in [-0.4, -0.2) is 26.0 Å². The fourth-order valence-electron chi connectivity index (χ4n) is 3.95. The van der Waals surface area contributed by atoms with Gasteiger partial charge in [0.05, 0.1) is 25.6 Å². The molecule has 2 amide bonds. The molecule has 0 spiro atoms. The monoisotopic (exact) mass is 640 g/mol. The number of methoxy groups -OCH3 is 2. The van der Waals surface area contributed by atoms with Gasteiger partial charge in [0, 0.05) is 43.4 Å². The molecular weight excluding hydrogens is 618 g/mol. The number of benzene rings is 4. The van der Waals surface area contributed by atoms with E-state index in [-0.39, 0.29) is 11.8 Å². The lowest BCUT2D eigenvalue weighted by atomic mass is 10.0. The summed E-state index contributed by atoms with van der Waals surface area (Å²) in [5, 5.41) is 7.35. The minimum absolute atomic E-state index is 0.385. The Kier molecular flexibility index (Phi) is 10.6. The maximum Gasteiger partial charge on any atom is 0.248 e. The first-order chi connectivity index (χ1) is 20.2. The zero-order valence-electron chi connectivity index (χ0n) is 22.4. The Hall–Kier alpha value is -3.94. The maximum absolute atomic E-state index is 12.6. The number of halogens is 4. The zero-order valence-corrected chi connectivity index (χ0v) is 25.4. The van der Waals surface area contributed by atoms with E-state index in [1.807, 2.05) is 12.1 Å². The third kappa shape index (κ3) is 7.66. The summed E-state index contributed by atoms with van der Waals surface area (Å²) in [7, 11) is 3.02. The van der Waals surface area contributed by atoms with Crippen molar-refractivity contribution in [3.05, 3.63) is 116 Å². The van der Waals surface area contributed by atoms with Crippen molar-refractivity contribution in [2.24, 2.45) is 0 Å². The van der Waals surface area contributed by atoms with Crippen LogP contribution in [0.15, 0.2) is 84.9 Å². The molecule has 6 nitrogen and oxygen atoms in total. The van der Waals surface area contributed by atoms with E-state index >= 15 is 0 Å². The first-order valence-corrected chi connectivity index (χ1v) is 13.9. The molecule has 0 atom stereocenters.